The van der Waals surface area contributed by atoms with Gasteiger partial charge in [0, 0.05) is 31.1 Å². The molecule has 0 aliphatic carbocycles. The van der Waals surface area contributed by atoms with Crippen LogP contribution in [0.1, 0.15) is 16.6 Å². The second-order valence-electron chi connectivity index (χ2n) is 5.76. The first-order chi connectivity index (χ1) is 11.9. The van der Waals surface area contributed by atoms with Crippen LogP contribution in [0, 0.1) is 5.82 Å². The summed E-state index contributed by atoms with van der Waals surface area (Å²) in [6, 6.07) is 9.77. The van der Waals surface area contributed by atoms with Gasteiger partial charge in [0.1, 0.15) is 5.82 Å². The summed E-state index contributed by atoms with van der Waals surface area (Å²) in [5, 5.41) is 0. The minimum absolute atomic E-state index is 0.0763. The molecule has 0 atom stereocenters. The third-order valence-electron chi connectivity index (χ3n) is 4.23. The SMILES string of the molecule is CCS(=O)(=O)N1CCN(C(=O)c2ccc(-c3ccc(F)cc3)s2)CC1. The fraction of sp³-hybridized carbons (Fsp3) is 0.353. The Bertz CT molecular complexity index is 854. The summed E-state index contributed by atoms with van der Waals surface area (Å²) in [5.74, 6) is -0.309. The van der Waals surface area contributed by atoms with E-state index in [9.17, 15) is 17.6 Å². The minimum atomic E-state index is -3.20. The molecule has 8 heteroatoms. The number of rotatable bonds is 4. The molecule has 1 amide bonds. The van der Waals surface area contributed by atoms with E-state index in [2.05, 4.69) is 0 Å². The highest BCUT2D eigenvalue weighted by Gasteiger charge is 2.28. The summed E-state index contributed by atoms with van der Waals surface area (Å²) < 4.78 is 38.2. The number of piperazine rings is 1. The van der Waals surface area contributed by atoms with Crippen molar-refractivity contribution in [2.24, 2.45) is 0 Å². The number of benzene rings is 1. The molecule has 1 saturated heterocycles. The van der Waals surface area contributed by atoms with Crippen molar-refractivity contribution in [3.8, 4) is 10.4 Å². The Morgan fingerprint density at radius 2 is 1.72 bits per heavy atom. The first-order valence-electron chi connectivity index (χ1n) is 8.03. The van der Waals surface area contributed by atoms with Gasteiger partial charge in [-0.3, -0.25) is 4.79 Å². The Morgan fingerprint density at radius 3 is 2.32 bits per heavy atom. The smallest absolute Gasteiger partial charge is 0.264 e. The second-order valence-corrected chi connectivity index (χ2v) is 9.10. The van der Waals surface area contributed by atoms with Crippen molar-refractivity contribution in [2.45, 2.75) is 6.92 Å². The van der Waals surface area contributed by atoms with Gasteiger partial charge < -0.3 is 4.90 Å². The molecule has 2 aromatic rings. The summed E-state index contributed by atoms with van der Waals surface area (Å²) in [7, 11) is -3.20. The zero-order valence-corrected chi connectivity index (χ0v) is 15.4. The van der Waals surface area contributed by atoms with Gasteiger partial charge in [0.15, 0.2) is 0 Å². The average molecular weight is 382 g/mol. The van der Waals surface area contributed by atoms with Gasteiger partial charge in [0.2, 0.25) is 10.0 Å². The number of hydrogen-bond donors (Lipinski definition) is 0. The lowest BCUT2D eigenvalue weighted by molar-refractivity contribution is 0.0703. The molecule has 3 rings (SSSR count). The van der Waals surface area contributed by atoms with Crippen molar-refractivity contribution in [1.29, 1.82) is 0 Å². The lowest BCUT2D eigenvalue weighted by Gasteiger charge is -2.33. The monoisotopic (exact) mass is 382 g/mol. The molecule has 0 N–H and O–H groups in total. The van der Waals surface area contributed by atoms with E-state index in [1.54, 1.807) is 30.0 Å². The fourth-order valence-corrected chi connectivity index (χ4v) is 4.79. The first-order valence-corrected chi connectivity index (χ1v) is 10.5. The van der Waals surface area contributed by atoms with Crippen LogP contribution in [0.15, 0.2) is 36.4 Å². The van der Waals surface area contributed by atoms with Gasteiger partial charge >= 0.3 is 0 Å². The number of hydrogen-bond acceptors (Lipinski definition) is 4. The first kappa shape index (κ1) is 18.0. The van der Waals surface area contributed by atoms with Crippen LogP contribution >= 0.6 is 11.3 Å². The van der Waals surface area contributed by atoms with Gasteiger partial charge in [-0.2, -0.15) is 4.31 Å². The normalized spacial score (nSPS) is 16.2. The van der Waals surface area contributed by atoms with Crippen molar-refractivity contribution in [1.82, 2.24) is 9.21 Å². The van der Waals surface area contributed by atoms with Crippen molar-refractivity contribution >= 4 is 27.3 Å². The predicted octanol–water partition coefficient (Wildman–Crippen LogP) is 2.66. The van der Waals surface area contributed by atoms with Crippen molar-refractivity contribution in [2.75, 3.05) is 31.9 Å². The third kappa shape index (κ3) is 3.91. The van der Waals surface area contributed by atoms with Crippen LogP contribution in [-0.2, 0) is 10.0 Å². The number of carbonyl (C=O) groups is 1. The topological polar surface area (TPSA) is 57.7 Å². The van der Waals surface area contributed by atoms with E-state index in [-0.39, 0.29) is 17.5 Å². The Labute approximate surface area is 150 Å². The third-order valence-corrected chi connectivity index (χ3v) is 7.23. The zero-order chi connectivity index (χ0) is 18.0. The van der Waals surface area contributed by atoms with Crippen LogP contribution in [-0.4, -0.2) is 55.5 Å². The zero-order valence-electron chi connectivity index (χ0n) is 13.8. The van der Waals surface area contributed by atoms with E-state index in [0.29, 0.717) is 31.1 Å². The number of halogens is 1. The average Bonchev–Trinajstić information content (AvgIpc) is 3.12. The van der Waals surface area contributed by atoms with Crippen LogP contribution < -0.4 is 0 Å². The standard InChI is InChI=1S/C17H19FN2O3S2/c1-2-25(22,23)20-11-9-19(10-12-20)17(21)16-8-7-15(24-16)13-3-5-14(18)6-4-13/h3-8H,2,9-12H2,1H3. The molecule has 1 aliphatic rings. The molecule has 25 heavy (non-hydrogen) atoms. The van der Waals surface area contributed by atoms with Gasteiger partial charge in [0.25, 0.3) is 5.91 Å². The van der Waals surface area contributed by atoms with Gasteiger partial charge in [-0.25, -0.2) is 12.8 Å². The van der Waals surface area contributed by atoms with E-state index in [1.807, 2.05) is 6.07 Å². The molecular formula is C17H19FN2O3S2. The Hall–Kier alpha value is -1.77. The molecule has 0 unspecified atom stereocenters. The Kier molecular flexibility index (Phi) is 5.21. The molecule has 1 fully saturated rings. The Balaban J connectivity index is 1.68. The highest BCUT2D eigenvalue weighted by molar-refractivity contribution is 7.89. The highest BCUT2D eigenvalue weighted by Crippen LogP contribution is 2.29. The predicted molar refractivity (Wildman–Crippen MR) is 96.7 cm³/mol. The van der Waals surface area contributed by atoms with Crippen molar-refractivity contribution in [3.63, 3.8) is 0 Å². The van der Waals surface area contributed by atoms with Crippen LogP contribution in [0.25, 0.3) is 10.4 Å². The lowest BCUT2D eigenvalue weighted by Crippen LogP contribution is -2.50. The maximum absolute atomic E-state index is 13.0. The largest absolute Gasteiger partial charge is 0.335 e. The molecule has 2 heterocycles. The van der Waals surface area contributed by atoms with E-state index >= 15 is 0 Å². The van der Waals surface area contributed by atoms with Gasteiger partial charge in [-0.05, 0) is 36.8 Å². The summed E-state index contributed by atoms with van der Waals surface area (Å²) in [6.45, 7) is 3.06. The lowest BCUT2D eigenvalue weighted by atomic mass is 10.2. The molecule has 1 aliphatic heterocycles. The van der Waals surface area contributed by atoms with Crippen LogP contribution in [0.2, 0.25) is 0 Å². The van der Waals surface area contributed by atoms with Gasteiger partial charge in [0.05, 0.1) is 10.6 Å². The van der Waals surface area contributed by atoms with E-state index in [1.165, 1.54) is 27.8 Å². The molecular weight excluding hydrogens is 363 g/mol. The van der Waals surface area contributed by atoms with Crippen LogP contribution in [0.3, 0.4) is 0 Å². The summed E-state index contributed by atoms with van der Waals surface area (Å²) in [4.78, 5) is 15.8. The Morgan fingerprint density at radius 1 is 1.08 bits per heavy atom. The number of nitrogens with zero attached hydrogens (tertiary/aromatic N) is 2. The molecule has 5 nitrogen and oxygen atoms in total. The highest BCUT2D eigenvalue weighted by atomic mass is 32.2. The molecule has 0 bridgehead atoms. The number of thiophene rings is 1. The molecule has 134 valence electrons. The molecule has 0 radical (unpaired) electrons. The van der Waals surface area contributed by atoms with Crippen molar-refractivity contribution in [3.05, 3.63) is 47.1 Å². The second kappa shape index (κ2) is 7.23. The van der Waals surface area contributed by atoms with Crippen LogP contribution in [0.5, 0.6) is 0 Å². The summed E-state index contributed by atoms with van der Waals surface area (Å²) in [5.41, 5.74) is 0.865. The maximum Gasteiger partial charge on any atom is 0.264 e. The number of sulfonamides is 1. The number of carbonyl (C=O) groups excluding carboxylic acids is 1. The maximum atomic E-state index is 13.0. The van der Waals surface area contributed by atoms with E-state index < -0.39 is 10.0 Å². The molecule has 1 aromatic carbocycles. The van der Waals surface area contributed by atoms with Gasteiger partial charge in [-0.15, -0.1) is 11.3 Å². The molecule has 0 saturated carbocycles. The molecule has 0 spiro atoms. The fourth-order valence-electron chi connectivity index (χ4n) is 2.73. The minimum Gasteiger partial charge on any atom is -0.335 e. The summed E-state index contributed by atoms with van der Waals surface area (Å²) >= 11 is 1.36. The van der Waals surface area contributed by atoms with Crippen LogP contribution in [0.4, 0.5) is 4.39 Å². The van der Waals surface area contributed by atoms with Gasteiger partial charge in [-0.1, -0.05) is 12.1 Å². The number of amides is 1. The van der Waals surface area contributed by atoms with Crippen molar-refractivity contribution < 1.29 is 17.6 Å². The molecule has 1 aromatic heterocycles. The van der Waals surface area contributed by atoms with E-state index in [4.69, 9.17) is 0 Å². The summed E-state index contributed by atoms with van der Waals surface area (Å²) in [6.07, 6.45) is 0. The quantitative estimate of drug-likeness (QED) is 0.817. The van der Waals surface area contributed by atoms with E-state index in [0.717, 1.165) is 10.4 Å².